The number of phenolic OH excluding ortho intramolecular Hbond substituents is 1. The Morgan fingerprint density at radius 1 is 1.28 bits per heavy atom. The van der Waals surface area contributed by atoms with E-state index in [1.165, 1.54) is 0 Å². The minimum atomic E-state index is -0.00322. The highest BCUT2D eigenvalue weighted by Crippen LogP contribution is 2.10. The van der Waals surface area contributed by atoms with Crippen molar-refractivity contribution in [3.05, 3.63) is 51.9 Å². The first kappa shape index (κ1) is 12.4. The molecule has 1 aromatic heterocycles. The molecule has 2 rings (SSSR count). The number of nitrogens with zero attached hydrogens (tertiary/aromatic N) is 1. The van der Waals surface area contributed by atoms with Crippen LogP contribution in [0.25, 0.3) is 0 Å². The molecule has 0 atom stereocenters. The van der Waals surface area contributed by atoms with Crippen molar-refractivity contribution in [3.8, 4) is 5.75 Å². The molecule has 18 heavy (non-hydrogen) atoms. The van der Waals surface area contributed by atoms with Gasteiger partial charge in [0.15, 0.2) is 0 Å². The summed E-state index contributed by atoms with van der Waals surface area (Å²) in [4.78, 5) is 12.0. The second kappa shape index (κ2) is 5.55. The van der Waals surface area contributed by atoms with Gasteiger partial charge in [-0.2, -0.15) is 0 Å². The zero-order valence-electron chi connectivity index (χ0n) is 10.1. The molecule has 1 heterocycles. The van der Waals surface area contributed by atoms with Crippen LogP contribution in [0.4, 0.5) is 0 Å². The quantitative estimate of drug-likeness (QED) is 0.731. The van der Waals surface area contributed by atoms with Gasteiger partial charge in [-0.3, -0.25) is 4.79 Å². The lowest BCUT2D eigenvalue weighted by atomic mass is 10.2. The smallest absolute Gasteiger partial charge is 0.269 e. The highest BCUT2D eigenvalue weighted by molar-refractivity contribution is 5.26. The van der Waals surface area contributed by atoms with Crippen LogP contribution in [0.1, 0.15) is 17.5 Å². The number of rotatable bonds is 5. The number of phenols is 1. The zero-order valence-corrected chi connectivity index (χ0v) is 10.1. The van der Waals surface area contributed by atoms with Crippen molar-refractivity contribution in [2.45, 2.75) is 19.4 Å². The van der Waals surface area contributed by atoms with Crippen LogP contribution in [0.3, 0.4) is 0 Å². The minimum Gasteiger partial charge on any atom is -0.508 e. The van der Waals surface area contributed by atoms with Gasteiger partial charge in [0.2, 0.25) is 0 Å². The van der Waals surface area contributed by atoms with E-state index in [0.29, 0.717) is 19.5 Å². The summed E-state index contributed by atoms with van der Waals surface area (Å²) in [6.07, 6.45) is 3.25. The molecule has 0 saturated carbocycles. The van der Waals surface area contributed by atoms with Crippen molar-refractivity contribution in [2.75, 3.05) is 6.54 Å². The molecule has 0 aliphatic heterocycles. The fourth-order valence-corrected chi connectivity index (χ4v) is 1.82. The average Bonchev–Trinajstić information content (AvgIpc) is 2.71. The van der Waals surface area contributed by atoms with E-state index in [4.69, 9.17) is 5.73 Å². The van der Waals surface area contributed by atoms with Crippen molar-refractivity contribution in [3.63, 3.8) is 0 Å². The van der Waals surface area contributed by atoms with Crippen LogP contribution in [0.2, 0.25) is 0 Å². The van der Waals surface area contributed by atoms with E-state index in [2.05, 4.69) is 5.10 Å². The summed E-state index contributed by atoms with van der Waals surface area (Å²) in [6.45, 7) is 1.06. The van der Waals surface area contributed by atoms with E-state index in [9.17, 15) is 9.90 Å². The second-order valence-electron chi connectivity index (χ2n) is 4.25. The van der Waals surface area contributed by atoms with E-state index in [-0.39, 0.29) is 11.3 Å². The van der Waals surface area contributed by atoms with Crippen LogP contribution in [-0.2, 0) is 13.0 Å². The predicted molar refractivity (Wildman–Crippen MR) is 69.6 cm³/mol. The van der Waals surface area contributed by atoms with Gasteiger partial charge in [-0.05, 0) is 37.1 Å². The molecule has 0 aliphatic carbocycles. The molecular weight excluding hydrogens is 230 g/mol. The number of benzene rings is 1. The van der Waals surface area contributed by atoms with Gasteiger partial charge in [-0.15, -0.1) is 0 Å². The van der Waals surface area contributed by atoms with Gasteiger partial charge >= 0.3 is 0 Å². The van der Waals surface area contributed by atoms with Crippen molar-refractivity contribution < 1.29 is 5.11 Å². The Morgan fingerprint density at radius 3 is 2.67 bits per heavy atom. The molecule has 4 N–H and O–H groups in total. The molecule has 0 bridgehead atoms. The third-order valence-corrected chi connectivity index (χ3v) is 2.84. The molecular formula is C13H17N3O2. The van der Waals surface area contributed by atoms with Crippen molar-refractivity contribution in [2.24, 2.45) is 5.73 Å². The van der Waals surface area contributed by atoms with Gasteiger partial charge in [0.25, 0.3) is 5.56 Å². The van der Waals surface area contributed by atoms with Crippen molar-refractivity contribution in [1.82, 2.24) is 9.78 Å². The number of hydrogen-bond acceptors (Lipinski definition) is 3. The summed E-state index contributed by atoms with van der Waals surface area (Å²) in [7, 11) is 0. The first-order valence-electron chi connectivity index (χ1n) is 5.96. The molecule has 0 aliphatic rings. The summed E-state index contributed by atoms with van der Waals surface area (Å²) in [5.41, 5.74) is 7.15. The summed E-state index contributed by atoms with van der Waals surface area (Å²) in [6, 6.07) is 6.81. The molecule has 96 valence electrons. The molecule has 0 saturated heterocycles. The summed E-state index contributed by atoms with van der Waals surface area (Å²) >= 11 is 0. The number of aromatic hydroxyl groups is 1. The molecule has 2 aromatic rings. The third kappa shape index (κ3) is 2.81. The number of hydrogen-bond donors (Lipinski definition) is 3. The average molecular weight is 247 g/mol. The Kier molecular flexibility index (Phi) is 3.84. The molecule has 5 nitrogen and oxygen atoms in total. The number of nitrogens with two attached hydrogens (primary N) is 1. The van der Waals surface area contributed by atoms with Crippen LogP contribution in [0.15, 0.2) is 35.3 Å². The number of H-pyrrole nitrogens is 1. The number of aromatic nitrogens is 2. The summed E-state index contributed by atoms with van der Waals surface area (Å²) < 4.78 is 1.55. The summed E-state index contributed by atoms with van der Waals surface area (Å²) in [5, 5.41) is 12.1. The molecule has 0 unspecified atom stereocenters. The Hall–Kier alpha value is -2.01. The highest BCUT2D eigenvalue weighted by Gasteiger charge is 2.06. The van der Waals surface area contributed by atoms with Gasteiger partial charge in [0.1, 0.15) is 5.75 Å². The lowest BCUT2D eigenvalue weighted by Gasteiger charge is -2.02. The maximum Gasteiger partial charge on any atom is 0.269 e. The molecule has 0 amide bonds. The predicted octanol–water partition coefficient (Wildman–Crippen LogP) is 0.822. The highest BCUT2D eigenvalue weighted by atomic mass is 16.3. The zero-order chi connectivity index (χ0) is 13.0. The van der Waals surface area contributed by atoms with E-state index in [1.54, 1.807) is 35.1 Å². The Bertz CT molecular complexity index is 554. The van der Waals surface area contributed by atoms with Crippen LogP contribution in [-0.4, -0.2) is 21.4 Å². The van der Waals surface area contributed by atoms with Crippen LogP contribution >= 0.6 is 0 Å². The van der Waals surface area contributed by atoms with Gasteiger partial charge in [-0.25, -0.2) is 4.68 Å². The van der Waals surface area contributed by atoms with E-state index < -0.39 is 0 Å². The van der Waals surface area contributed by atoms with Crippen LogP contribution in [0, 0.1) is 0 Å². The monoisotopic (exact) mass is 247 g/mol. The number of nitrogens with one attached hydrogen (secondary N) is 1. The molecule has 0 radical (unpaired) electrons. The number of aromatic amines is 1. The van der Waals surface area contributed by atoms with E-state index in [0.717, 1.165) is 17.5 Å². The molecule has 0 spiro atoms. The molecule has 5 heteroatoms. The van der Waals surface area contributed by atoms with Crippen LogP contribution in [0.5, 0.6) is 5.75 Å². The third-order valence-electron chi connectivity index (χ3n) is 2.84. The van der Waals surface area contributed by atoms with Crippen LogP contribution < -0.4 is 11.3 Å². The molecule has 0 fully saturated rings. The van der Waals surface area contributed by atoms with Crippen molar-refractivity contribution >= 4 is 0 Å². The lowest BCUT2D eigenvalue weighted by molar-refractivity contribution is 0.475. The first-order valence-corrected chi connectivity index (χ1v) is 5.96. The Balaban J connectivity index is 2.12. The van der Waals surface area contributed by atoms with E-state index in [1.807, 2.05) is 0 Å². The largest absolute Gasteiger partial charge is 0.508 e. The lowest BCUT2D eigenvalue weighted by Crippen LogP contribution is -2.20. The Labute approximate surface area is 105 Å². The fraction of sp³-hybridized carbons (Fsp3) is 0.308. The Morgan fingerprint density at radius 2 is 2.00 bits per heavy atom. The van der Waals surface area contributed by atoms with Gasteiger partial charge in [-0.1, -0.05) is 12.1 Å². The maximum absolute atomic E-state index is 12.0. The van der Waals surface area contributed by atoms with E-state index >= 15 is 0 Å². The fourth-order valence-electron chi connectivity index (χ4n) is 1.82. The standard InChI is InChI=1S/C13H17N3O2/c14-7-1-2-11-8-15-16(13(11)18)9-10-3-5-12(17)6-4-10/h3-6,8,15,17H,1-2,7,9,14H2. The van der Waals surface area contributed by atoms with Gasteiger partial charge < -0.3 is 15.9 Å². The van der Waals surface area contributed by atoms with Crippen molar-refractivity contribution in [1.29, 1.82) is 0 Å². The SMILES string of the molecule is NCCCc1c[nH]n(Cc2ccc(O)cc2)c1=O. The van der Waals surface area contributed by atoms with Gasteiger partial charge in [0.05, 0.1) is 6.54 Å². The minimum absolute atomic E-state index is 0.00322. The molecule has 1 aromatic carbocycles. The first-order chi connectivity index (χ1) is 8.70. The topological polar surface area (TPSA) is 84.0 Å². The van der Waals surface area contributed by atoms with Gasteiger partial charge in [0, 0.05) is 11.8 Å². The maximum atomic E-state index is 12.0. The second-order valence-corrected chi connectivity index (χ2v) is 4.25. The number of aryl methyl sites for hydroxylation is 1. The summed E-state index contributed by atoms with van der Waals surface area (Å²) in [5.74, 6) is 0.223. The normalized spacial score (nSPS) is 10.7.